The van der Waals surface area contributed by atoms with Gasteiger partial charge < -0.3 is 9.72 Å². The molecule has 1 aromatic carbocycles. The van der Waals surface area contributed by atoms with Crippen LogP contribution in [-0.2, 0) is 0 Å². The number of hydrogen-bond acceptors (Lipinski definition) is 2. The van der Waals surface area contributed by atoms with Crippen LogP contribution in [0.5, 0.6) is 0 Å². The van der Waals surface area contributed by atoms with E-state index < -0.39 is 5.82 Å². The molecule has 0 saturated carbocycles. The highest BCUT2D eigenvalue weighted by Crippen LogP contribution is 2.15. The maximum absolute atomic E-state index is 13.2. The number of pyridine rings is 1. The lowest BCUT2D eigenvalue weighted by atomic mass is 10.3. The minimum Gasteiger partial charge on any atom is -0.320 e. The molecule has 0 aliphatic carbocycles. The molecule has 24 heavy (non-hydrogen) atoms. The van der Waals surface area contributed by atoms with E-state index in [2.05, 4.69) is 10.4 Å². The van der Waals surface area contributed by atoms with Crippen molar-refractivity contribution in [3.8, 4) is 5.82 Å². The Kier molecular flexibility index (Phi) is 3.35. The van der Waals surface area contributed by atoms with Crippen LogP contribution in [0.25, 0.3) is 11.3 Å². The molecule has 4 aromatic rings. The summed E-state index contributed by atoms with van der Waals surface area (Å²) >= 11 is 0. The highest BCUT2D eigenvalue weighted by Gasteiger charge is 2.12. The van der Waals surface area contributed by atoms with Gasteiger partial charge in [0.1, 0.15) is 11.6 Å². The fourth-order valence-electron chi connectivity index (χ4n) is 2.56. The van der Waals surface area contributed by atoms with Gasteiger partial charge in [-0.25, -0.2) is 9.07 Å². The molecule has 0 bridgehead atoms. The molecule has 0 radical (unpaired) electrons. The summed E-state index contributed by atoms with van der Waals surface area (Å²) in [5, 5.41) is 6.94. The van der Waals surface area contributed by atoms with Crippen molar-refractivity contribution in [2.45, 2.75) is 0 Å². The Hall–Kier alpha value is -3.41. The first-order chi connectivity index (χ1) is 11.7. The Labute approximate surface area is 137 Å². The van der Waals surface area contributed by atoms with Gasteiger partial charge in [-0.05, 0) is 48.5 Å². The van der Waals surface area contributed by atoms with Crippen molar-refractivity contribution in [3.63, 3.8) is 0 Å². The van der Waals surface area contributed by atoms with Crippen molar-refractivity contribution in [2.24, 2.45) is 0 Å². The zero-order valence-electron chi connectivity index (χ0n) is 12.6. The van der Waals surface area contributed by atoms with Gasteiger partial charge in [-0.1, -0.05) is 12.1 Å². The molecule has 6 heteroatoms. The van der Waals surface area contributed by atoms with Gasteiger partial charge in [-0.15, -0.1) is 0 Å². The van der Waals surface area contributed by atoms with Crippen LogP contribution in [0.1, 0.15) is 10.5 Å². The first-order valence-corrected chi connectivity index (χ1v) is 7.40. The number of hydrogen-bond donors (Lipinski definition) is 1. The molecule has 0 aliphatic heterocycles. The molecule has 0 spiro atoms. The van der Waals surface area contributed by atoms with Gasteiger partial charge in [0, 0.05) is 23.6 Å². The number of carbonyl (C=O) groups excluding carboxylic acids is 1. The summed E-state index contributed by atoms with van der Waals surface area (Å²) in [6, 6.07) is 17.1. The number of halogens is 1. The molecule has 0 unspecified atom stereocenters. The van der Waals surface area contributed by atoms with Gasteiger partial charge in [0.15, 0.2) is 5.69 Å². The molecule has 118 valence electrons. The third-order valence-corrected chi connectivity index (χ3v) is 3.68. The lowest BCUT2D eigenvalue weighted by Crippen LogP contribution is -2.13. The zero-order chi connectivity index (χ0) is 16.5. The lowest BCUT2D eigenvalue weighted by molar-refractivity contribution is 0.102. The number of nitrogens with one attached hydrogen (secondary N) is 1. The highest BCUT2D eigenvalue weighted by atomic mass is 19.1. The standard InChI is InChI=1S/C18H13FN4O/c19-13-4-3-5-14(12-13)20-18(24)16-9-11-23(21-16)17-8-7-15-6-1-2-10-22(15)17/h1-12H,(H,20,24). The van der Waals surface area contributed by atoms with E-state index in [0.717, 1.165) is 11.3 Å². The number of benzene rings is 1. The lowest BCUT2D eigenvalue weighted by Gasteiger charge is -2.04. The summed E-state index contributed by atoms with van der Waals surface area (Å²) in [6.45, 7) is 0. The predicted octanol–water partition coefficient (Wildman–Crippen LogP) is 3.52. The van der Waals surface area contributed by atoms with E-state index in [1.807, 2.05) is 40.9 Å². The monoisotopic (exact) mass is 320 g/mol. The second-order valence-corrected chi connectivity index (χ2v) is 5.30. The van der Waals surface area contributed by atoms with Crippen LogP contribution in [0.15, 0.2) is 73.1 Å². The van der Waals surface area contributed by atoms with E-state index in [4.69, 9.17) is 0 Å². The van der Waals surface area contributed by atoms with Gasteiger partial charge in [0.2, 0.25) is 0 Å². The van der Waals surface area contributed by atoms with E-state index in [9.17, 15) is 9.18 Å². The van der Waals surface area contributed by atoms with Crippen molar-refractivity contribution in [3.05, 3.63) is 84.6 Å². The van der Waals surface area contributed by atoms with E-state index in [1.165, 1.54) is 18.2 Å². The van der Waals surface area contributed by atoms with Crippen molar-refractivity contribution in [1.29, 1.82) is 0 Å². The summed E-state index contributed by atoms with van der Waals surface area (Å²) in [4.78, 5) is 12.3. The van der Waals surface area contributed by atoms with Gasteiger partial charge in [-0.2, -0.15) is 5.10 Å². The third kappa shape index (κ3) is 2.54. The summed E-state index contributed by atoms with van der Waals surface area (Å²) in [5.74, 6) is 0.0357. The Morgan fingerprint density at radius 1 is 1.00 bits per heavy atom. The predicted molar refractivity (Wildman–Crippen MR) is 88.9 cm³/mol. The molecule has 0 saturated heterocycles. The van der Waals surface area contributed by atoms with Crippen molar-refractivity contribution in [2.75, 3.05) is 5.32 Å². The summed E-state index contributed by atoms with van der Waals surface area (Å²) in [7, 11) is 0. The minimum absolute atomic E-state index is 0.255. The number of amides is 1. The number of aromatic nitrogens is 3. The zero-order valence-corrected chi connectivity index (χ0v) is 12.6. The van der Waals surface area contributed by atoms with Crippen molar-refractivity contribution >= 4 is 17.1 Å². The molecule has 0 aliphatic rings. The Morgan fingerprint density at radius 2 is 1.92 bits per heavy atom. The molecule has 0 fully saturated rings. The smallest absolute Gasteiger partial charge is 0.276 e. The van der Waals surface area contributed by atoms with Gasteiger partial charge in [0.25, 0.3) is 5.91 Å². The van der Waals surface area contributed by atoms with Crippen LogP contribution >= 0.6 is 0 Å². The molecular weight excluding hydrogens is 307 g/mol. The molecule has 4 rings (SSSR count). The van der Waals surface area contributed by atoms with Crippen LogP contribution in [0.3, 0.4) is 0 Å². The number of rotatable bonds is 3. The molecule has 3 heterocycles. The third-order valence-electron chi connectivity index (χ3n) is 3.68. The van der Waals surface area contributed by atoms with E-state index in [1.54, 1.807) is 23.0 Å². The van der Waals surface area contributed by atoms with Gasteiger partial charge >= 0.3 is 0 Å². The quantitative estimate of drug-likeness (QED) is 0.628. The van der Waals surface area contributed by atoms with Crippen LogP contribution in [0, 0.1) is 5.82 Å². The summed E-state index contributed by atoms with van der Waals surface area (Å²) in [6.07, 6.45) is 3.65. The average Bonchev–Trinajstić information content (AvgIpc) is 3.21. The normalized spacial score (nSPS) is 10.9. The number of anilines is 1. The van der Waals surface area contributed by atoms with Crippen LogP contribution in [0.4, 0.5) is 10.1 Å². The minimum atomic E-state index is -0.405. The molecule has 0 atom stereocenters. The number of nitrogens with zero attached hydrogens (tertiary/aromatic N) is 3. The Bertz CT molecular complexity index is 1030. The van der Waals surface area contributed by atoms with E-state index in [0.29, 0.717) is 5.69 Å². The van der Waals surface area contributed by atoms with Gasteiger partial charge in [0.05, 0.1) is 0 Å². The van der Waals surface area contributed by atoms with Gasteiger partial charge in [-0.3, -0.25) is 4.79 Å². The largest absolute Gasteiger partial charge is 0.320 e. The molecular formula is C18H13FN4O. The second-order valence-electron chi connectivity index (χ2n) is 5.30. The second kappa shape index (κ2) is 5.66. The SMILES string of the molecule is O=C(Nc1cccc(F)c1)c1ccn(-c2ccc3ccccn23)n1. The maximum Gasteiger partial charge on any atom is 0.276 e. The first kappa shape index (κ1) is 14.2. The highest BCUT2D eigenvalue weighted by molar-refractivity contribution is 6.02. The van der Waals surface area contributed by atoms with Crippen molar-refractivity contribution in [1.82, 2.24) is 14.2 Å². The van der Waals surface area contributed by atoms with Crippen molar-refractivity contribution < 1.29 is 9.18 Å². The fourth-order valence-corrected chi connectivity index (χ4v) is 2.56. The molecule has 1 amide bonds. The Morgan fingerprint density at radius 3 is 2.79 bits per heavy atom. The fraction of sp³-hybridized carbons (Fsp3) is 0. The average molecular weight is 320 g/mol. The Balaban J connectivity index is 1.61. The first-order valence-electron chi connectivity index (χ1n) is 7.40. The molecule has 5 nitrogen and oxygen atoms in total. The summed E-state index contributed by atoms with van der Waals surface area (Å²) in [5.41, 5.74) is 1.68. The number of carbonyl (C=O) groups is 1. The van der Waals surface area contributed by atoms with Crippen LogP contribution < -0.4 is 5.32 Å². The maximum atomic E-state index is 13.2. The summed E-state index contributed by atoms with van der Waals surface area (Å²) < 4.78 is 16.8. The van der Waals surface area contributed by atoms with Crippen LogP contribution in [0.2, 0.25) is 0 Å². The molecule has 3 aromatic heterocycles. The topological polar surface area (TPSA) is 51.3 Å². The molecule has 1 N–H and O–H groups in total. The van der Waals surface area contributed by atoms with E-state index >= 15 is 0 Å². The van der Waals surface area contributed by atoms with E-state index in [-0.39, 0.29) is 11.6 Å². The number of fused-ring (bicyclic) bond motifs is 1. The van der Waals surface area contributed by atoms with Crippen LogP contribution in [-0.4, -0.2) is 20.1 Å².